The summed E-state index contributed by atoms with van der Waals surface area (Å²) in [6, 6.07) is 0. The van der Waals surface area contributed by atoms with Crippen molar-refractivity contribution in [2.75, 3.05) is 33.3 Å². The Morgan fingerprint density at radius 1 is 1.37 bits per heavy atom. The van der Waals surface area contributed by atoms with E-state index in [0.717, 1.165) is 38.8 Å². The maximum atomic E-state index is 11.8. The summed E-state index contributed by atoms with van der Waals surface area (Å²) in [6.45, 7) is 5.18. The second-order valence-corrected chi connectivity index (χ2v) is 5.79. The van der Waals surface area contributed by atoms with Crippen LogP contribution in [0.3, 0.4) is 0 Å². The van der Waals surface area contributed by atoms with E-state index in [-0.39, 0.29) is 0 Å². The number of hydrogen-bond acceptors (Lipinski definition) is 4. The number of ether oxygens (including phenoxy) is 1. The van der Waals surface area contributed by atoms with Crippen LogP contribution in [0, 0.1) is 5.92 Å². The van der Waals surface area contributed by atoms with E-state index >= 15 is 0 Å². The molecule has 1 saturated carbocycles. The Bertz CT molecular complexity index is 312. The third-order valence-electron chi connectivity index (χ3n) is 4.49. The predicted octanol–water partition coefficient (Wildman–Crippen LogP) is 0.940. The van der Waals surface area contributed by atoms with Crippen LogP contribution in [0.1, 0.15) is 32.6 Å². The van der Waals surface area contributed by atoms with Gasteiger partial charge in [-0.1, -0.05) is 6.92 Å². The van der Waals surface area contributed by atoms with Crippen molar-refractivity contribution in [3.63, 3.8) is 0 Å². The fourth-order valence-electron chi connectivity index (χ4n) is 3.19. The Hall–Kier alpha value is -0.650. The monoisotopic (exact) mass is 270 g/mol. The standard InChI is InChI=1S/C14H26N2O3/c1-3-15-14(13(17)18,11-4-5-11)10-16-8-6-12(19-2)7-9-16/h11-12,15H,3-10H2,1-2H3,(H,17,18). The summed E-state index contributed by atoms with van der Waals surface area (Å²) in [5.41, 5.74) is -0.741. The molecule has 2 N–H and O–H groups in total. The maximum Gasteiger partial charge on any atom is 0.325 e. The average Bonchev–Trinajstić information content (AvgIpc) is 3.23. The first-order chi connectivity index (χ1) is 9.12. The van der Waals surface area contributed by atoms with Gasteiger partial charge in [0.2, 0.25) is 0 Å². The predicted molar refractivity (Wildman–Crippen MR) is 73.2 cm³/mol. The van der Waals surface area contributed by atoms with Crippen molar-refractivity contribution in [3.05, 3.63) is 0 Å². The van der Waals surface area contributed by atoms with Gasteiger partial charge in [-0.2, -0.15) is 0 Å². The molecule has 0 spiro atoms. The SMILES string of the molecule is CCNC(CN1CCC(OC)CC1)(C(=O)O)C1CC1. The normalized spacial score (nSPS) is 25.2. The Balaban J connectivity index is 1.98. The minimum absolute atomic E-state index is 0.296. The summed E-state index contributed by atoms with van der Waals surface area (Å²) in [7, 11) is 1.75. The molecule has 1 aliphatic heterocycles. The lowest BCUT2D eigenvalue weighted by Gasteiger charge is -2.39. The number of likely N-dealkylation sites (N-methyl/N-ethyl adjacent to an activating group) is 1. The van der Waals surface area contributed by atoms with Crippen molar-refractivity contribution in [2.45, 2.75) is 44.2 Å². The van der Waals surface area contributed by atoms with E-state index in [2.05, 4.69) is 10.2 Å². The Morgan fingerprint density at radius 3 is 2.42 bits per heavy atom. The first kappa shape index (κ1) is 14.8. The zero-order chi connectivity index (χ0) is 13.9. The first-order valence-corrected chi connectivity index (χ1v) is 7.36. The highest BCUT2D eigenvalue weighted by molar-refractivity contribution is 5.80. The smallest absolute Gasteiger partial charge is 0.325 e. The van der Waals surface area contributed by atoms with E-state index < -0.39 is 11.5 Å². The van der Waals surface area contributed by atoms with Crippen LogP contribution in [-0.4, -0.2) is 60.9 Å². The number of methoxy groups -OCH3 is 1. The number of likely N-dealkylation sites (tertiary alicyclic amines) is 1. The molecular weight excluding hydrogens is 244 g/mol. The summed E-state index contributed by atoms with van der Waals surface area (Å²) in [5, 5.41) is 12.9. The van der Waals surface area contributed by atoms with Gasteiger partial charge in [-0.25, -0.2) is 0 Å². The van der Waals surface area contributed by atoms with E-state index in [9.17, 15) is 9.90 Å². The number of hydrogen-bond donors (Lipinski definition) is 2. The summed E-state index contributed by atoms with van der Waals surface area (Å²) in [5.74, 6) is -0.393. The van der Waals surface area contributed by atoms with Crippen LogP contribution in [0.2, 0.25) is 0 Å². The van der Waals surface area contributed by atoms with E-state index in [4.69, 9.17) is 4.74 Å². The van der Waals surface area contributed by atoms with Crippen molar-refractivity contribution < 1.29 is 14.6 Å². The number of carboxylic acid groups (broad SMARTS) is 1. The van der Waals surface area contributed by atoms with Crippen molar-refractivity contribution >= 4 is 5.97 Å². The van der Waals surface area contributed by atoms with Crippen LogP contribution in [0.15, 0.2) is 0 Å². The van der Waals surface area contributed by atoms with E-state index in [1.54, 1.807) is 7.11 Å². The molecule has 0 aromatic heterocycles. The number of rotatable bonds is 7. The number of nitrogens with one attached hydrogen (secondary N) is 1. The van der Waals surface area contributed by atoms with Crippen LogP contribution in [0.25, 0.3) is 0 Å². The first-order valence-electron chi connectivity index (χ1n) is 7.36. The van der Waals surface area contributed by atoms with Gasteiger partial charge < -0.3 is 20.1 Å². The van der Waals surface area contributed by atoms with Gasteiger partial charge in [0.25, 0.3) is 0 Å². The van der Waals surface area contributed by atoms with Crippen LogP contribution in [0.5, 0.6) is 0 Å². The molecule has 19 heavy (non-hydrogen) atoms. The van der Waals surface area contributed by atoms with Gasteiger partial charge >= 0.3 is 5.97 Å². The number of aliphatic carboxylic acids is 1. The number of carbonyl (C=O) groups is 1. The summed E-state index contributed by atoms with van der Waals surface area (Å²) in [4.78, 5) is 14.1. The topological polar surface area (TPSA) is 61.8 Å². The minimum atomic E-state index is -0.741. The molecule has 5 nitrogen and oxygen atoms in total. The zero-order valence-electron chi connectivity index (χ0n) is 12.0. The quantitative estimate of drug-likeness (QED) is 0.721. The third kappa shape index (κ3) is 3.27. The lowest BCUT2D eigenvalue weighted by molar-refractivity contribution is -0.147. The van der Waals surface area contributed by atoms with Crippen molar-refractivity contribution in [3.8, 4) is 0 Å². The molecule has 0 aromatic carbocycles. The molecular formula is C14H26N2O3. The molecule has 0 aromatic rings. The Labute approximate surface area is 115 Å². The average molecular weight is 270 g/mol. The highest BCUT2D eigenvalue weighted by Gasteiger charge is 2.51. The Morgan fingerprint density at radius 2 is 2.00 bits per heavy atom. The van der Waals surface area contributed by atoms with Crippen molar-refractivity contribution in [2.24, 2.45) is 5.92 Å². The lowest BCUT2D eigenvalue weighted by Crippen LogP contribution is -2.61. The number of carboxylic acids is 1. The van der Waals surface area contributed by atoms with Gasteiger partial charge in [0.15, 0.2) is 0 Å². The van der Waals surface area contributed by atoms with Gasteiger partial charge in [0, 0.05) is 26.7 Å². The van der Waals surface area contributed by atoms with E-state index in [0.29, 0.717) is 25.1 Å². The maximum absolute atomic E-state index is 11.8. The summed E-state index contributed by atoms with van der Waals surface area (Å²) >= 11 is 0. The molecule has 1 heterocycles. The fraction of sp³-hybridized carbons (Fsp3) is 0.929. The van der Waals surface area contributed by atoms with Gasteiger partial charge in [-0.3, -0.25) is 4.79 Å². The van der Waals surface area contributed by atoms with Gasteiger partial charge in [0.1, 0.15) is 5.54 Å². The molecule has 1 atom stereocenters. The zero-order valence-corrected chi connectivity index (χ0v) is 12.0. The van der Waals surface area contributed by atoms with Crippen LogP contribution in [-0.2, 0) is 9.53 Å². The number of piperidine rings is 1. The van der Waals surface area contributed by atoms with E-state index in [1.807, 2.05) is 6.92 Å². The molecule has 2 aliphatic rings. The number of nitrogens with zero attached hydrogens (tertiary/aromatic N) is 1. The second kappa shape index (κ2) is 6.20. The van der Waals surface area contributed by atoms with Crippen LogP contribution >= 0.6 is 0 Å². The lowest BCUT2D eigenvalue weighted by atomic mass is 9.91. The molecule has 2 fully saturated rings. The fourth-order valence-corrected chi connectivity index (χ4v) is 3.19. The molecule has 0 radical (unpaired) electrons. The van der Waals surface area contributed by atoms with Crippen molar-refractivity contribution in [1.82, 2.24) is 10.2 Å². The Kier molecular flexibility index (Phi) is 4.81. The van der Waals surface area contributed by atoms with Crippen molar-refractivity contribution in [1.29, 1.82) is 0 Å². The molecule has 0 amide bonds. The summed E-state index contributed by atoms with van der Waals surface area (Å²) in [6.07, 6.45) is 4.42. The van der Waals surface area contributed by atoms with E-state index in [1.165, 1.54) is 0 Å². The van der Waals surface area contributed by atoms with Gasteiger partial charge in [0.05, 0.1) is 6.10 Å². The molecule has 110 valence electrons. The third-order valence-corrected chi connectivity index (χ3v) is 4.49. The summed E-state index contributed by atoms with van der Waals surface area (Å²) < 4.78 is 5.37. The molecule has 0 bridgehead atoms. The highest BCUT2D eigenvalue weighted by Crippen LogP contribution is 2.40. The van der Waals surface area contributed by atoms with Gasteiger partial charge in [-0.15, -0.1) is 0 Å². The largest absolute Gasteiger partial charge is 0.480 e. The molecule has 5 heteroatoms. The van der Waals surface area contributed by atoms with Crippen LogP contribution < -0.4 is 5.32 Å². The second-order valence-electron chi connectivity index (χ2n) is 5.79. The molecule has 1 saturated heterocycles. The molecule has 1 aliphatic carbocycles. The molecule has 1 unspecified atom stereocenters. The highest BCUT2D eigenvalue weighted by atomic mass is 16.5. The minimum Gasteiger partial charge on any atom is -0.480 e. The van der Waals surface area contributed by atoms with Crippen LogP contribution in [0.4, 0.5) is 0 Å². The van der Waals surface area contributed by atoms with Gasteiger partial charge in [-0.05, 0) is 38.1 Å². The molecule has 2 rings (SSSR count).